The molecule has 0 spiro atoms. The van der Waals surface area contributed by atoms with Gasteiger partial charge in [-0.3, -0.25) is 9.59 Å². The fourth-order valence-electron chi connectivity index (χ4n) is 0.682. The molecule has 0 aromatic rings. The predicted octanol–water partition coefficient (Wildman–Crippen LogP) is -2.66. The van der Waals surface area contributed by atoms with Crippen LogP contribution in [-0.2, 0) is 9.59 Å². The molecule has 9 nitrogen and oxygen atoms in total. The van der Waals surface area contributed by atoms with E-state index >= 15 is 0 Å². The largest absolute Gasteiger partial charge is 0.394 e. The number of carbonyl (C=O) groups excluding carboxylic acids is 2. The van der Waals surface area contributed by atoms with Gasteiger partial charge in [-0.1, -0.05) is 0 Å². The van der Waals surface area contributed by atoms with Crippen LogP contribution in [-0.4, -0.2) is 56.9 Å². The van der Waals surface area contributed by atoms with Gasteiger partial charge in [-0.15, -0.1) is 0 Å². The van der Waals surface area contributed by atoms with Crippen molar-refractivity contribution in [2.24, 2.45) is 0 Å². The van der Waals surface area contributed by atoms with Crippen LogP contribution in [0.25, 0.3) is 0 Å². The van der Waals surface area contributed by atoms with Gasteiger partial charge in [-0.2, -0.15) is 0 Å². The van der Waals surface area contributed by atoms with Crippen molar-refractivity contribution in [3.05, 3.63) is 0 Å². The van der Waals surface area contributed by atoms with Gasteiger partial charge in [0.15, 0.2) is 5.78 Å². The van der Waals surface area contributed by atoms with E-state index < -0.39 is 36.5 Å². The number of nitrogens with zero attached hydrogens (tertiary/aromatic N) is 1. The van der Waals surface area contributed by atoms with Crippen molar-refractivity contribution in [1.29, 1.82) is 11.1 Å². The summed E-state index contributed by atoms with van der Waals surface area (Å²) in [5.41, 5.74) is 11.0. The Morgan fingerprint density at radius 2 is 1.62 bits per heavy atom. The topological polar surface area (TPSA) is 177 Å². The van der Waals surface area contributed by atoms with Crippen molar-refractivity contribution in [2.45, 2.75) is 25.2 Å². The molecule has 0 aromatic heterocycles. The summed E-state index contributed by atoms with van der Waals surface area (Å²) in [6.45, 7) is 0.132. The first-order valence-electron chi connectivity index (χ1n) is 4.06. The molecule has 0 bridgehead atoms. The van der Waals surface area contributed by atoms with Crippen molar-refractivity contribution in [3.63, 3.8) is 0 Å². The summed E-state index contributed by atoms with van der Waals surface area (Å²) >= 11 is 0. The van der Waals surface area contributed by atoms with Crippen molar-refractivity contribution in [1.82, 2.24) is 4.91 Å². The zero-order valence-electron chi connectivity index (χ0n) is 8.49. The van der Waals surface area contributed by atoms with Crippen molar-refractivity contribution >= 4 is 11.6 Å². The predicted molar refractivity (Wildman–Crippen MR) is 48.4 cm³/mol. The van der Waals surface area contributed by atoms with E-state index in [1.165, 1.54) is 0 Å². The molecular formula is C7H14N3O6+. The summed E-state index contributed by atoms with van der Waals surface area (Å²) in [4.78, 5) is 23.2. The van der Waals surface area contributed by atoms with E-state index in [9.17, 15) is 9.59 Å². The maximum absolute atomic E-state index is 10.8. The highest BCUT2D eigenvalue weighted by Gasteiger charge is 2.31. The normalized spacial score (nSPS) is 14.8. The highest BCUT2D eigenvalue weighted by molar-refractivity contribution is 6.38. The van der Waals surface area contributed by atoms with Crippen LogP contribution in [0.3, 0.4) is 0 Å². The molecule has 0 aliphatic rings. The van der Waals surface area contributed by atoms with Gasteiger partial charge in [-0.25, -0.2) is 0 Å². The fraction of sp³-hybridized carbons (Fsp3) is 0.714. The lowest BCUT2D eigenvalue weighted by molar-refractivity contribution is -0.149. The molecule has 0 fully saturated rings. The molecule has 16 heavy (non-hydrogen) atoms. The smallest absolute Gasteiger partial charge is 0.229 e. The molecule has 0 aromatic carbocycles. The minimum Gasteiger partial charge on any atom is -0.394 e. The highest BCUT2D eigenvalue weighted by atomic mass is 16.4. The van der Waals surface area contributed by atoms with E-state index in [0.29, 0.717) is 0 Å². The van der Waals surface area contributed by atoms with E-state index in [1.807, 2.05) is 4.91 Å². The summed E-state index contributed by atoms with van der Waals surface area (Å²) in [6.07, 6.45) is -5.47. The van der Waals surface area contributed by atoms with Crippen LogP contribution in [0.2, 0.25) is 0 Å². The Morgan fingerprint density at radius 3 is 1.88 bits per heavy atom. The van der Waals surface area contributed by atoms with Crippen LogP contribution < -0.4 is 4.91 Å². The van der Waals surface area contributed by atoms with E-state index in [1.54, 1.807) is 0 Å². The summed E-state index contributed by atoms with van der Waals surface area (Å²) in [6, 6.07) is 0. The summed E-state index contributed by atoms with van der Waals surface area (Å²) in [5.74, 6) is -2.11. The maximum Gasteiger partial charge on any atom is 0.229 e. The van der Waals surface area contributed by atoms with Gasteiger partial charge < -0.3 is 20.4 Å². The number of nitrogens with one attached hydrogen (secondary N) is 2. The average Bonchev–Trinajstić information content (AvgIpc) is 2.25. The Labute approximate surface area is 90.4 Å². The molecule has 0 heterocycles. The molecule has 0 aliphatic heterocycles. The molecule has 0 amide bonds. The molecule has 0 aliphatic carbocycles. The number of rotatable bonds is 5. The highest BCUT2D eigenvalue weighted by Crippen LogP contribution is 2.01. The second-order valence-electron chi connectivity index (χ2n) is 2.72. The van der Waals surface area contributed by atoms with Crippen LogP contribution in [0.1, 0.15) is 6.92 Å². The second-order valence-corrected chi connectivity index (χ2v) is 2.72. The van der Waals surface area contributed by atoms with Gasteiger partial charge in [0.05, 0.1) is 6.61 Å². The first-order chi connectivity index (χ1) is 7.33. The van der Waals surface area contributed by atoms with E-state index in [2.05, 4.69) is 0 Å². The van der Waals surface area contributed by atoms with E-state index in [-0.39, 0.29) is 0 Å². The van der Waals surface area contributed by atoms with Crippen molar-refractivity contribution < 1.29 is 30.0 Å². The Hall–Kier alpha value is -1.51. The number of hydrogen-bond acceptors (Lipinski definition) is 8. The maximum atomic E-state index is 10.8. The van der Waals surface area contributed by atoms with Crippen molar-refractivity contribution in [2.75, 3.05) is 6.61 Å². The van der Waals surface area contributed by atoms with Gasteiger partial charge in [0, 0.05) is 6.92 Å². The average molecular weight is 236 g/mol. The van der Waals surface area contributed by atoms with Crippen LogP contribution in [0, 0.1) is 11.1 Å². The molecule has 0 saturated heterocycles. The molecule has 0 radical (unpaired) electrons. The quantitative estimate of drug-likeness (QED) is 0.172. The molecule has 6 N–H and O–H groups in total. The van der Waals surface area contributed by atoms with Crippen LogP contribution in [0.5, 0.6) is 0 Å². The zero-order chi connectivity index (χ0) is 13.3. The third-order valence-corrected chi connectivity index (χ3v) is 1.52. The molecule has 3 unspecified atom stereocenters. The molecule has 3 atom stereocenters. The third kappa shape index (κ3) is 6.06. The molecule has 0 saturated carbocycles. The fourth-order valence-corrected chi connectivity index (χ4v) is 0.682. The minimum absolute atomic E-state index is 0.802. The molecular weight excluding hydrogens is 222 g/mol. The van der Waals surface area contributed by atoms with E-state index in [0.717, 1.165) is 6.92 Å². The first kappa shape index (κ1) is 16.9. The van der Waals surface area contributed by atoms with Crippen LogP contribution in [0.15, 0.2) is 0 Å². The number of hydrogen-bond donors (Lipinski definition) is 6. The Kier molecular flexibility index (Phi) is 9.27. The number of carbonyl (C=O) groups is 2. The second kappa shape index (κ2) is 8.77. The SMILES string of the molecule is CC(=O)C(=O)C(O)C(O)C(O)CO.N=[N+]=N. The Bertz CT molecular complexity index is 275. The third-order valence-electron chi connectivity index (χ3n) is 1.52. The lowest BCUT2D eigenvalue weighted by atomic mass is 10.0. The molecule has 0 rings (SSSR count). The summed E-state index contributed by atoms with van der Waals surface area (Å²) < 4.78 is 0. The summed E-state index contributed by atoms with van der Waals surface area (Å²) in [5, 5.41) is 35.1. The first-order valence-corrected chi connectivity index (χ1v) is 4.06. The Balaban J connectivity index is 0. The van der Waals surface area contributed by atoms with Gasteiger partial charge in [-0.05, 0) is 0 Å². The van der Waals surface area contributed by atoms with Gasteiger partial charge in [0.2, 0.25) is 10.7 Å². The Morgan fingerprint density at radius 1 is 1.25 bits per heavy atom. The van der Waals surface area contributed by atoms with Crippen molar-refractivity contribution in [3.8, 4) is 0 Å². The van der Waals surface area contributed by atoms with E-state index in [4.69, 9.17) is 31.5 Å². The van der Waals surface area contributed by atoms with Gasteiger partial charge in [0.1, 0.15) is 29.4 Å². The van der Waals surface area contributed by atoms with Gasteiger partial charge in [0.25, 0.3) is 0 Å². The number of aliphatic hydroxyl groups excluding tert-OH is 4. The van der Waals surface area contributed by atoms with Crippen LogP contribution in [0.4, 0.5) is 0 Å². The van der Waals surface area contributed by atoms with Gasteiger partial charge >= 0.3 is 0 Å². The number of Topliss-reactive ketones (excluding diaryl/α,β-unsaturated/α-hetero) is 2. The lowest BCUT2D eigenvalue weighted by Crippen LogP contribution is -2.45. The summed E-state index contributed by atoms with van der Waals surface area (Å²) in [7, 11) is 0. The number of aliphatic hydroxyl groups is 4. The monoisotopic (exact) mass is 236 g/mol. The lowest BCUT2D eigenvalue weighted by Gasteiger charge is -2.19. The number of ketones is 2. The minimum atomic E-state index is -1.99. The molecule has 9 heteroatoms. The molecule has 92 valence electrons. The van der Waals surface area contributed by atoms with Crippen LogP contribution >= 0.6 is 0 Å². The zero-order valence-corrected chi connectivity index (χ0v) is 8.49. The standard InChI is InChI=1S/C7H12O6.H2N3/c1-3(9)5(11)7(13)6(12)4(10)2-8;1-3-2/h4,6-8,10,12-13H,2H2,1H3;1-2H/q;+1.